The number of ether oxygens (including phenoxy) is 1. The SMILES string of the molecule is NNc1nccc(OC2CCC2)c1C(F)(F)F. The third-order valence-corrected chi connectivity index (χ3v) is 2.68. The fourth-order valence-electron chi connectivity index (χ4n) is 1.59. The van der Waals surface area contributed by atoms with E-state index in [1.165, 1.54) is 12.3 Å². The highest BCUT2D eigenvalue weighted by atomic mass is 19.4. The van der Waals surface area contributed by atoms with Crippen molar-refractivity contribution in [2.75, 3.05) is 5.43 Å². The molecule has 94 valence electrons. The molecule has 0 bridgehead atoms. The third kappa shape index (κ3) is 2.44. The molecule has 0 aliphatic heterocycles. The number of hydrogen-bond acceptors (Lipinski definition) is 4. The van der Waals surface area contributed by atoms with Gasteiger partial charge in [0.1, 0.15) is 11.3 Å². The Kier molecular flexibility index (Phi) is 3.10. The molecule has 0 spiro atoms. The lowest BCUT2D eigenvalue weighted by atomic mass is 9.96. The van der Waals surface area contributed by atoms with Gasteiger partial charge in [0, 0.05) is 6.20 Å². The zero-order chi connectivity index (χ0) is 12.5. The molecule has 7 heteroatoms. The second-order valence-corrected chi connectivity index (χ2v) is 3.85. The van der Waals surface area contributed by atoms with E-state index in [1.54, 1.807) is 0 Å². The summed E-state index contributed by atoms with van der Waals surface area (Å²) in [5.41, 5.74) is 0.991. The largest absolute Gasteiger partial charge is 0.490 e. The number of nitrogens with zero attached hydrogens (tertiary/aromatic N) is 1. The van der Waals surface area contributed by atoms with E-state index >= 15 is 0 Å². The van der Waals surface area contributed by atoms with Crippen LogP contribution in [-0.4, -0.2) is 11.1 Å². The van der Waals surface area contributed by atoms with Crippen LogP contribution in [0.4, 0.5) is 19.0 Å². The molecule has 2 rings (SSSR count). The van der Waals surface area contributed by atoms with E-state index in [-0.39, 0.29) is 11.9 Å². The highest BCUT2D eigenvalue weighted by Gasteiger charge is 2.39. The van der Waals surface area contributed by atoms with Crippen LogP contribution in [0.3, 0.4) is 0 Å². The number of halogens is 3. The number of aromatic nitrogens is 1. The number of pyridine rings is 1. The molecule has 0 atom stereocenters. The Hall–Kier alpha value is -1.50. The first-order chi connectivity index (χ1) is 8.02. The molecule has 0 amide bonds. The first-order valence-electron chi connectivity index (χ1n) is 5.22. The quantitative estimate of drug-likeness (QED) is 0.635. The summed E-state index contributed by atoms with van der Waals surface area (Å²) in [7, 11) is 0. The molecule has 1 aliphatic rings. The van der Waals surface area contributed by atoms with Gasteiger partial charge in [-0.25, -0.2) is 10.8 Å². The van der Waals surface area contributed by atoms with E-state index in [0.717, 1.165) is 19.3 Å². The van der Waals surface area contributed by atoms with Gasteiger partial charge in [-0.3, -0.25) is 0 Å². The van der Waals surface area contributed by atoms with Crippen molar-refractivity contribution in [1.29, 1.82) is 0 Å². The average Bonchev–Trinajstić information content (AvgIpc) is 2.21. The number of nitrogens with one attached hydrogen (secondary N) is 1. The minimum atomic E-state index is -4.55. The van der Waals surface area contributed by atoms with E-state index in [2.05, 4.69) is 4.98 Å². The summed E-state index contributed by atoms with van der Waals surface area (Å²) in [6.45, 7) is 0. The van der Waals surface area contributed by atoms with Crippen LogP contribution in [0, 0.1) is 0 Å². The summed E-state index contributed by atoms with van der Waals surface area (Å²) >= 11 is 0. The van der Waals surface area contributed by atoms with Gasteiger partial charge in [-0.15, -0.1) is 0 Å². The standard InChI is InChI=1S/C10H12F3N3O/c11-10(12,13)8-7(17-6-2-1-3-6)4-5-15-9(8)16-14/h4-6H,1-3,14H2,(H,15,16). The minimum absolute atomic E-state index is 0.135. The van der Waals surface area contributed by atoms with Gasteiger partial charge in [0.05, 0.1) is 6.10 Å². The zero-order valence-electron chi connectivity index (χ0n) is 8.92. The van der Waals surface area contributed by atoms with E-state index in [9.17, 15) is 13.2 Å². The molecular formula is C10H12F3N3O. The van der Waals surface area contributed by atoms with Crippen molar-refractivity contribution in [2.45, 2.75) is 31.5 Å². The summed E-state index contributed by atoms with van der Waals surface area (Å²) in [6, 6.07) is 1.21. The minimum Gasteiger partial charge on any atom is -0.490 e. The maximum absolute atomic E-state index is 12.9. The van der Waals surface area contributed by atoms with E-state index in [1.807, 2.05) is 5.43 Å². The van der Waals surface area contributed by atoms with Crippen LogP contribution in [-0.2, 0) is 6.18 Å². The van der Waals surface area contributed by atoms with Gasteiger partial charge in [0.2, 0.25) is 0 Å². The van der Waals surface area contributed by atoms with Crippen molar-refractivity contribution in [3.05, 3.63) is 17.8 Å². The van der Waals surface area contributed by atoms with Crippen molar-refractivity contribution in [1.82, 2.24) is 4.98 Å². The van der Waals surface area contributed by atoms with E-state index < -0.39 is 17.6 Å². The Balaban J connectivity index is 2.35. The molecule has 1 aliphatic carbocycles. The number of nitrogens with two attached hydrogens (primary N) is 1. The summed E-state index contributed by atoms with van der Waals surface area (Å²) < 4.78 is 43.9. The molecule has 17 heavy (non-hydrogen) atoms. The number of anilines is 1. The molecule has 0 unspecified atom stereocenters. The molecule has 0 aromatic carbocycles. The van der Waals surface area contributed by atoms with Crippen LogP contribution < -0.4 is 16.0 Å². The van der Waals surface area contributed by atoms with Gasteiger partial charge in [0.25, 0.3) is 0 Å². The highest BCUT2D eigenvalue weighted by molar-refractivity contribution is 5.52. The average molecular weight is 247 g/mol. The predicted octanol–water partition coefficient (Wildman–Crippen LogP) is 2.32. The van der Waals surface area contributed by atoms with E-state index in [0.29, 0.717) is 0 Å². The first kappa shape index (κ1) is 12.0. The van der Waals surface area contributed by atoms with Crippen molar-refractivity contribution in [2.24, 2.45) is 5.84 Å². The van der Waals surface area contributed by atoms with Crippen molar-refractivity contribution in [3.63, 3.8) is 0 Å². The Labute approximate surface area is 95.9 Å². The zero-order valence-corrected chi connectivity index (χ0v) is 8.92. The third-order valence-electron chi connectivity index (χ3n) is 2.68. The summed E-state index contributed by atoms with van der Waals surface area (Å²) in [4.78, 5) is 3.54. The molecule has 1 saturated carbocycles. The van der Waals surface area contributed by atoms with Crippen LogP contribution in [0.1, 0.15) is 24.8 Å². The smallest absolute Gasteiger partial charge is 0.423 e. The second-order valence-electron chi connectivity index (χ2n) is 3.85. The normalized spacial score (nSPS) is 16.5. The fourth-order valence-corrected chi connectivity index (χ4v) is 1.59. The van der Waals surface area contributed by atoms with Gasteiger partial charge < -0.3 is 10.2 Å². The number of rotatable bonds is 3. The van der Waals surface area contributed by atoms with Gasteiger partial charge in [-0.1, -0.05) is 0 Å². The molecule has 4 nitrogen and oxygen atoms in total. The molecule has 1 fully saturated rings. The number of alkyl halides is 3. The molecule has 1 heterocycles. The topological polar surface area (TPSA) is 60.2 Å². The lowest BCUT2D eigenvalue weighted by molar-refractivity contribution is -0.139. The monoisotopic (exact) mass is 247 g/mol. The highest BCUT2D eigenvalue weighted by Crippen LogP contribution is 2.41. The van der Waals surface area contributed by atoms with Crippen LogP contribution in [0.5, 0.6) is 5.75 Å². The number of hydrazine groups is 1. The summed E-state index contributed by atoms with van der Waals surface area (Å²) in [5, 5.41) is 0. The maximum Gasteiger partial charge on any atom is 0.423 e. The van der Waals surface area contributed by atoms with Crippen molar-refractivity contribution in [3.8, 4) is 5.75 Å². The van der Waals surface area contributed by atoms with Crippen LogP contribution in [0.2, 0.25) is 0 Å². The van der Waals surface area contributed by atoms with Crippen molar-refractivity contribution < 1.29 is 17.9 Å². The van der Waals surface area contributed by atoms with Crippen molar-refractivity contribution >= 4 is 5.82 Å². The number of nitrogen functional groups attached to an aromatic ring is 1. The molecule has 1 aromatic heterocycles. The Morgan fingerprint density at radius 2 is 2.12 bits per heavy atom. The summed E-state index contributed by atoms with van der Waals surface area (Å²) in [6.07, 6.45) is -0.896. The maximum atomic E-state index is 12.9. The van der Waals surface area contributed by atoms with Crippen LogP contribution >= 0.6 is 0 Å². The van der Waals surface area contributed by atoms with Crippen LogP contribution in [0.15, 0.2) is 12.3 Å². The predicted molar refractivity (Wildman–Crippen MR) is 55.3 cm³/mol. The number of hydrogen-bond donors (Lipinski definition) is 2. The molecule has 0 radical (unpaired) electrons. The van der Waals surface area contributed by atoms with E-state index in [4.69, 9.17) is 10.6 Å². The summed E-state index contributed by atoms with van der Waals surface area (Å²) in [5.74, 6) is 4.39. The molecular weight excluding hydrogens is 235 g/mol. The lowest BCUT2D eigenvalue weighted by Gasteiger charge is -2.28. The lowest BCUT2D eigenvalue weighted by Crippen LogP contribution is -2.26. The molecule has 1 aromatic rings. The van der Waals surface area contributed by atoms with Gasteiger partial charge in [-0.05, 0) is 25.3 Å². The van der Waals surface area contributed by atoms with Crippen LogP contribution in [0.25, 0.3) is 0 Å². The molecule has 3 N–H and O–H groups in total. The Morgan fingerprint density at radius 3 is 2.59 bits per heavy atom. The Bertz CT molecular complexity index is 404. The molecule has 0 saturated heterocycles. The van der Waals surface area contributed by atoms with Gasteiger partial charge in [-0.2, -0.15) is 13.2 Å². The Morgan fingerprint density at radius 1 is 1.41 bits per heavy atom. The van der Waals surface area contributed by atoms with Gasteiger partial charge in [0.15, 0.2) is 5.82 Å². The first-order valence-corrected chi connectivity index (χ1v) is 5.22. The fraction of sp³-hybridized carbons (Fsp3) is 0.500. The van der Waals surface area contributed by atoms with Gasteiger partial charge >= 0.3 is 6.18 Å². The second kappa shape index (κ2) is 4.40.